The molecule has 170 valence electrons. The second-order valence-corrected chi connectivity index (χ2v) is 11.6. The van der Waals surface area contributed by atoms with E-state index in [1.165, 1.54) is 11.3 Å². The molecule has 0 aliphatic heterocycles. The van der Waals surface area contributed by atoms with Gasteiger partial charge in [-0.2, -0.15) is 0 Å². The molecule has 1 amide bonds. The smallest absolute Gasteiger partial charge is 0.407 e. The van der Waals surface area contributed by atoms with E-state index in [0.29, 0.717) is 22.5 Å². The average Bonchev–Trinajstić information content (AvgIpc) is 3.18. The monoisotopic (exact) mass is 529 g/mol. The van der Waals surface area contributed by atoms with Crippen molar-refractivity contribution in [2.75, 3.05) is 6.54 Å². The fraction of sp³-hybridized carbons (Fsp3) is 0.524. The van der Waals surface area contributed by atoms with Crippen LogP contribution < -0.4 is 10.0 Å². The first-order chi connectivity index (χ1) is 14.7. The van der Waals surface area contributed by atoms with Crippen LogP contribution in [0.1, 0.15) is 57.4 Å². The number of aromatic nitrogens is 1. The Bertz CT molecular complexity index is 1020. The van der Waals surface area contributed by atoms with Crippen LogP contribution >= 0.6 is 27.3 Å². The van der Waals surface area contributed by atoms with E-state index in [1.54, 1.807) is 19.2 Å². The lowest BCUT2D eigenvalue weighted by Crippen LogP contribution is -2.38. The lowest BCUT2D eigenvalue weighted by atomic mass is 9.86. The van der Waals surface area contributed by atoms with Gasteiger partial charge in [-0.1, -0.05) is 28.9 Å². The first-order valence-corrected chi connectivity index (χ1v) is 13.5. The minimum atomic E-state index is -3.61. The Morgan fingerprint density at radius 2 is 2.00 bits per heavy atom. The van der Waals surface area contributed by atoms with E-state index in [4.69, 9.17) is 4.74 Å². The first-order valence-electron chi connectivity index (χ1n) is 10.4. The van der Waals surface area contributed by atoms with Crippen molar-refractivity contribution in [3.8, 4) is 10.4 Å². The summed E-state index contributed by atoms with van der Waals surface area (Å²) in [5.41, 5.74) is 0.652. The molecule has 2 aromatic rings. The predicted molar refractivity (Wildman–Crippen MR) is 126 cm³/mol. The van der Waals surface area contributed by atoms with E-state index in [1.807, 2.05) is 26.0 Å². The molecule has 1 aliphatic carbocycles. The number of rotatable bonds is 7. The number of hydrogen-bond acceptors (Lipinski definition) is 6. The molecule has 0 unspecified atom stereocenters. The minimum absolute atomic E-state index is 0.116. The summed E-state index contributed by atoms with van der Waals surface area (Å²) in [6.07, 6.45) is 4.84. The molecule has 1 aromatic carbocycles. The summed E-state index contributed by atoms with van der Waals surface area (Å²) in [7, 11) is -3.61. The highest BCUT2D eigenvalue weighted by atomic mass is 79.9. The summed E-state index contributed by atoms with van der Waals surface area (Å²) in [4.78, 5) is 17.5. The van der Waals surface area contributed by atoms with Crippen LogP contribution in [0.3, 0.4) is 0 Å². The van der Waals surface area contributed by atoms with Gasteiger partial charge in [-0.25, -0.2) is 22.9 Å². The molecule has 3 rings (SSSR count). The third-order valence-corrected chi connectivity index (χ3v) is 8.37. The molecule has 10 heteroatoms. The molecule has 7 nitrogen and oxygen atoms in total. The van der Waals surface area contributed by atoms with Crippen LogP contribution in [0.25, 0.3) is 10.4 Å². The molecule has 2 N–H and O–H groups in total. The van der Waals surface area contributed by atoms with Gasteiger partial charge in [0, 0.05) is 34.7 Å². The van der Waals surface area contributed by atoms with Gasteiger partial charge in [0.25, 0.3) is 0 Å². The normalized spacial score (nSPS) is 19.4. The SMILES string of the molecule is CCNS(=O)(=O)c1cc(Br)ccc1-c1cnc([C@H]2CC[C@H](NC(=O)OC(C)C)CC2)s1. The molecular formula is C21H28BrN3O4S2. The Kier molecular flexibility index (Phi) is 8.12. The quantitative estimate of drug-likeness (QED) is 0.523. The summed E-state index contributed by atoms with van der Waals surface area (Å²) in [6.45, 7) is 5.74. The van der Waals surface area contributed by atoms with E-state index in [0.717, 1.165) is 35.6 Å². The number of ether oxygens (including phenoxy) is 1. The van der Waals surface area contributed by atoms with E-state index in [2.05, 4.69) is 31.0 Å². The maximum atomic E-state index is 12.7. The number of amides is 1. The zero-order valence-corrected chi connectivity index (χ0v) is 21.1. The largest absolute Gasteiger partial charge is 0.447 e. The molecule has 0 saturated heterocycles. The Balaban J connectivity index is 1.72. The fourth-order valence-electron chi connectivity index (χ4n) is 3.69. The van der Waals surface area contributed by atoms with Crippen LogP contribution in [-0.4, -0.2) is 38.2 Å². The number of thiazole rings is 1. The number of carbonyl (C=O) groups excluding carboxylic acids is 1. The lowest BCUT2D eigenvalue weighted by molar-refractivity contribution is 0.109. The third-order valence-electron chi connectivity index (χ3n) is 5.10. The molecule has 0 atom stereocenters. The predicted octanol–water partition coefficient (Wildman–Crippen LogP) is 5.03. The average molecular weight is 531 g/mol. The van der Waals surface area contributed by atoms with Crippen molar-refractivity contribution in [2.24, 2.45) is 0 Å². The van der Waals surface area contributed by atoms with Gasteiger partial charge in [-0.15, -0.1) is 11.3 Å². The van der Waals surface area contributed by atoms with Gasteiger partial charge in [0.15, 0.2) is 0 Å². The van der Waals surface area contributed by atoms with Crippen molar-refractivity contribution in [3.63, 3.8) is 0 Å². The van der Waals surface area contributed by atoms with Crippen LogP contribution in [0.5, 0.6) is 0 Å². The number of nitrogens with zero attached hydrogens (tertiary/aromatic N) is 1. The van der Waals surface area contributed by atoms with Gasteiger partial charge in [-0.05, 0) is 51.7 Å². The number of carbonyl (C=O) groups is 1. The first kappa shape index (κ1) is 24.2. The van der Waals surface area contributed by atoms with Crippen LogP contribution in [0.15, 0.2) is 33.8 Å². The van der Waals surface area contributed by atoms with Crippen LogP contribution in [0.4, 0.5) is 4.79 Å². The van der Waals surface area contributed by atoms with Crippen LogP contribution in [0, 0.1) is 0 Å². The zero-order chi connectivity index (χ0) is 22.6. The molecule has 1 fully saturated rings. The maximum Gasteiger partial charge on any atom is 0.407 e. The molecule has 0 bridgehead atoms. The summed E-state index contributed by atoms with van der Waals surface area (Å²) in [6, 6.07) is 5.39. The van der Waals surface area contributed by atoms with Gasteiger partial charge in [0.05, 0.1) is 20.9 Å². The number of alkyl carbamates (subject to hydrolysis) is 1. The number of nitrogens with one attached hydrogen (secondary N) is 2. The molecule has 1 heterocycles. The second-order valence-electron chi connectivity index (χ2n) is 7.85. The molecule has 1 aliphatic rings. The van der Waals surface area contributed by atoms with Gasteiger partial charge in [-0.3, -0.25) is 0 Å². The molecule has 0 radical (unpaired) electrons. The Morgan fingerprint density at radius 1 is 1.29 bits per heavy atom. The van der Waals surface area contributed by atoms with Crippen molar-refractivity contribution in [1.82, 2.24) is 15.0 Å². The molecule has 0 spiro atoms. The second kappa shape index (κ2) is 10.4. The highest BCUT2D eigenvalue weighted by molar-refractivity contribution is 9.10. The van der Waals surface area contributed by atoms with E-state index >= 15 is 0 Å². The molecular weight excluding hydrogens is 502 g/mol. The highest BCUT2D eigenvalue weighted by Gasteiger charge is 2.27. The molecule has 1 saturated carbocycles. The third kappa shape index (κ3) is 6.27. The number of hydrogen-bond donors (Lipinski definition) is 2. The lowest BCUT2D eigenvalue weighted by Gasteiger charge is -2.28. The van der Waals surface area contributed by atoms with Crippen LogP contribution in [0.2, 0.25) is 0 Å². The number of halogens is 1. The Morgan fingerprint density at radius 3 is 2.65 bits per heavy atom. The van der Waals surface area contributed by atoms with Crippen LogP contribution in [-0.2, 0) is 14.8 Å². The minimum Gasteiger partial charge on any atom is -0.447 e. The van der Waals surface area contributed by atoms with Gasteiger partial charge < -0.3 is 10.1 Å². The maximum absolute atomic E-state index is 12.7. The molecule has 31 heavy (non-hydrogen) atoms. The standard InChI is InChI=1S/C21H28BrN3O4S2/c1-4-24-31(27,28)19-11-15(22)7-10-17(19)18-12-23-20(30-18)14-5-8-16(9-6-14)25-21(26)29-13(2)3/h7,10-14,16,24H,4-6,8-9H2,1-3H3,(H,25,26)/t14-,16-. The van der Waals surface area contributed by atoms with E-state index in [9.17, 15) is 13.2 Å². The zero-order valence-electron chi connectivity index (χ0n) is 17.9. The highest BCUT2D eigenvalue weighted by Crippen LogP contribution is 2.39. The topological polar surface area (TPSA) is 97.4 Å². The van der Waals surface area contributed by atoms with Crippen molar-refractivity contribution >= 4 is 43.4 Å². The fourth-order valence-corrected chi connectivity index (χ4v) is 6.68. The summed E-state index contributed by atoms with van der Waals surface area (Å²) < 4.78 is 33.8. The number of sulfonamides is 1. The Hall–Kier alpha value is -1.49. The van der Waals surface area contributed by atoms with Gasteiger partial charge in [0.2, 0.25) is 10.0 Å². The van der Waals surface area contributed by atoms with Crippen molar-refractivity contribution in [1.29, 1.82) is 0 Å². The van der Waals surface area contributed by atoms with Crippen molar-refractivity contribution < 1.29 is 17.9 Å². The Labute approximate surface area is 196 Å². The summed E-state index contributed by atoms with van der Waals surface area (Å²) in [5, 5.41) is 3.95. The van der Waals surface area contributed by atoms with Gasteiger partial charge in [0.1, 0.15) is 0 Å². The van der Waals surface area contributed by atoms with E-state index in [-0.39, 0.29) is 23.1 Å². The van der Waals surface area contributed by atoms with Crippen molar-refractivity contribution in [2.45, 2.75) is 69.4 Å². The summed E-state index contributed by atoms with van der Waals surface area (Å²) >= 11 is 4.91. The van der Waals surface area contributed by atoms with E-state index < -0.39 is 10.0 Å². The van der Waals surface area contributed by atoms with Gasteiger partial charge >= 0.3 is 6.09 Å². The van der Waals surface area contributed by atoms with Crippen molar-refractivity contribution in [3.05, 3.63) is 33.9 Å². The number of benzene rings is 1. The molecule has 1 aromatic heterocycles. The summed E-state index contributed by atoms with van der Waals surface area (Å²) in [5.74, 6) is 0.308.